The molecule has 0 radical (unpaired) electrons. The molecule has 3 heteroatoms. The van der Waals surface area contributed by atoms with Gasteiger partial charge in [0.15, 0.2) is 0 Å². The van der Waals surface area contributed by atoms with E-state index in [0.717, 1.165) is 36.2 Å². The van der Waals surface area contributed by atoms with Gasteiger partial charge in [-0.05, 0) is 32.4 Å². The first kappa shape index (κ1) is 12.1. The number of hydrogen-bond acceptors (Lipinski definition) is 2. The van der Waals surface area contributed by atoms with E-state index in [2.05, 4.69) is 36.6 Å². The molecule has 3 nitrogen and oxygen atoms in total. The predicted molar refractivity (Wildman–Crippen MR) is 70.2 cm³/mol. The molecule has 0 aliphatic carbocycles. The van der Waals surface area contributed by atoms with Crippen molar-refractivity contribution in [2.45, 2.75) is 39.7 Å². The van der Waals surface area contributed by atoms with Gasteiger partial charge in [0, 0.05) is 11.3 Å². The highest BCUT2D eigenvalue weighted by molar-refractivity contribution is 6.03. The first-order chi connectivity index (χ1) is 8.13. The first-order valence-electron chi connectivity index (χ1n) is 6.29. The first-order valence-corrected chi connectivity index (χ1v) is 6.29. The van der Waals surface area contributed by atoms with Gasteiger partial charge in [-0.3, -0.25) is 4.79 Å². The summed E-state index contributed by atoms with van der Waals surface area (Å²) >= 11 is 0. The third-order valence-corrected chi connectivity index (χ3v) is 3.21. The normalized spacial score (nSPS) is 18.1. The van der Waals surface area contributed by atoms with Crippen molar-refractivity contribution in [2.24, 2.45) is 0 Å². The van der Waals surface area contributed by atoms with Gasteiger partial charge in [0.1, 0.15) is 6.04 Å². The van der Waals surface area contributed by atoms with Crippen LogP contribution < -0.4 is 10.6 Å². The van der Waals surface area contributed by atoms with Crippen LogP contribution in [-0.4, -0.2) is 12.5 Å². The van der Waals surface area contributed by atoms with Crippen LogP contribution in [0.1, 0.15) is 42.5 Å². The van der Waals surface area contributed by atoms with E-state index in [1.807, 2.05) is 6.92 Å². The van der Waals surface area contributed by atoms with Gasteiger partial charge in [0.05, 0.1) is 0 Å². The minimum atomic E-state index is -0.171. The molecule has 0 spiro atoms. The van der Waals surface area contributed by atoms with E-state index in [-0.39, 0.29) is 11.9 Å². The van der Waals surface area contributed by atoms with Gasteiger partial charge in [-0.2, -0.15) is 0 Å². The number of anilines is 1. The molecule has 0 bridgehead atoms. The minimum absolute atomic E-state index is 0.0739. The van der Waals surface area contributed by atoms with Crippen molar-refractivity contribution in [1.29, 1.82) is 0 Å². The maximum atomic E-state index is 11.9. The molecule has 92 valence electrons. The van der Waals surface area contributed by atoms with E-state index in [1.165, 1.54) is 5.56 Å². The standard InChI is InChI=1S/C14H20N2O/c1-4-5-6-15-13-11-8-9(2)7-10(3)12(11)16-14(13)17/h7-8,13,15H,4-6H2,1-3H3,(H,16,17). The molecule has 1 aromatic rings. The van der Waals surface area contributed by atoms with Gasteiger partial charge in [-0.15, -0.1) is 0 Å². The lowest BCUT2D eigenvalue weighted by atomic mass is 10.0. The summed E-state index contributed by atoms with van der Waals surface area (Å²) in [7, 11) is 0. The smallest absolute Gasteiger partial charge is 0.246 e. The number of aryl methyl sites for hydroxylation is 2. The Labute approximate surface area is 103 Å². The summed E-state index contributed by atoms with van der Waals surface area (Å²) < 4.78 is 0. The second-order valence-corrected chi connectivity index (χ2v) is 4.78. The van der Waals surface area contributed by atoms with Gasteiger partial charge in [0.25, 0.3) is 0 Å². The molecule has 0 saturated heterocycles. The van der Waals surface area contributed by atoms with Crippen LogP contribution in [0, 0.1) is 13.8 Å². The second-order valence-electron chi connectivity index (χ2n) is 4.78. The predicted octanol–water partition coefficient (Wildman–Crippen LogP) is 2.69. The highest BCUT2D eigenvalue weighted by atomic mass is 16.2. The monoisotopic (exact) mass is 232 g/mol. The van der Waals surface area contributed by atoms with Crippen molar-refractivity contribution in [3.63, 3.8) is 0 Å². The van der Waals surface area contributed by atoms with Gasteiger partial charge in [-0.25, -0.2) is 0 Å². The molecule has 1 aliphatic rings. The number of rotatable bonds is 4. The van der Waals surface area contributed by atoms with Gasteiger partial charge in [0.2, 0.25) is 5.91 Å². The van der Waals surface area contributed by atoms with E-state index >= 15 is 0 Å². The topological polar surface area (TPSA) is 41.1 Å². The number of amides is 1. The Bertz CT molecular complexity index is 440. The molecule has 1 aromatic carbocycles. The van der Waals surface area contributed by atoms with Crippen LogP contribution in [0.25, 0.3) is 0 Å². The maximum absolute atomic E-state index is 11.9. The average Bonchev–Trinajstić information content (AvgIpc) is 2.57. The number of carbonyl (C=O) groups is 1. The molecular formula is C14H20N2O. The van der Waals surface area contributed by atoms with E-state index in [0.29, 0.717) is 0 Å². The van der Waals surface area contributed by atoms with Crippen LogP contribution in [0.2, 0.25) is 0 Å². The van der Waals surface area contributed by atoms with Crippen LogP contribution in [0.5, 0.6) is 0 Å². The van der Waals surface area contributed by atoms with Crippen molar-refractivity contribution in [3.05, 3.63) is 28.8 Å². The Morgan fingerprint density at radius 1 is 1.35 bits per heavy atom. The maximum Gasteiger partial charge on any atom is 0.246 e. The molecule has 2 N–H and O–H groups in total. The lowest BCUT2D eigenvalue weighted by Gasteiger charge is -2.12. The van der Waals surface area contributed by atoms with Gasteiger partial charge < -0.3 is 10.6 Å². The second kappa shape index (κ2) is 4.88. The molecular weight excluding hydrogens is 212 g/mol. The summed E-state index contributed by atoms with van der Waals surface area (Å²) in [5.41, 5.74) is 4.45. The molecule has 1 aliphatic heterocycles. The molecule has 1 atom stereocenters. The summed E-state index contributed by atoms with van der Waals surface area (Å²) in [6, 6.07) is 4.03. The lowest BCUT2D eigenvalue weighted by molar-refractivity contribution is -0.117. The third kappa shape index (κ3) is 2.34. The lowest BCUT2D eigenvalue weighted by Crippen LogP contribution is -2.28. The van der Waals surface area contributed by atoms with E-state index in [1.54, 1.807) is 0 Å². The van der Waals surface area contributed by atoms with Crippen LogP contribution in [0.3, 0.4) is 0 Å². The van der Waals surface area contributed by atoms with Crippen molar-refractivity contribution >= 4 is 11.6 Å². The van der Waals surface area contributed by atoms with Crippen LogP contribution in [0.15, 0.2) is 12.1 Å². The third-order valence-electron chi connectivity index (χ3n) is 3.21. The Hall–Kier alpha value is -1.35. The zero-order chi connectivity index (χ0) is 12.4. The molecule has 0 aromatic heterocycles. The largest absolute Gasteiger partial charge is 0.324 e. The number of hydrogen-bond donors (Lipinski definition) is 2. The average molecular weight is 232 g/mol. The minimum Gasteiger partial charge on any atom is -0.324 e. The van der Waals surface area contributed by atoms with Crippen LogP contribution in [-0.2, 0) is 4.79 Å². The summed E-state index contributed by atoms with van der Waals surface area (Å²) in [6.07, 6.45) is 2.24. The number of benzene rings is 1. The fourth-order valence-electron chi connectivity index (χ4n) is 2.36. The van der Waals surface area contributed by atoms with Crippen molar-refractivity contribution in [1.82, 2.24) is 5.32 Å². The van der Waals surface area contributed by atoms with Gasteiger partial charge >= 0.3 is 0 Å². The van der Waals surface area contributed by atoms with E-state index < -0.39 is 0 Å². The highest BCUT2D eigenvalue weighted by Gasteiger charge is 2.30. The van der Waals surface area contributed by atoms with Crippen LogP contribution in [0.4, 0.5) is 5.69 Å². The molecule has 2 rings (SSSR count). The van der Waals surface area contributed by atoms with E-state index in [4.69, 9.17) is 0 Å². The highest BCUT2D eigenvalue weighted by Crippen LogP contribution is 2.34. The number of fused-ring (bicyclic) bond motifs is 1. The van der Waals surface area contributed by atoms with Gasteiger partial charge in [-0.1, -0.05) is 31.0 Å². The molecule has 1 heterocycles. The fraction of sp³-hybridized carbons (Fsp3) is 0.500. The fourth-order valence-corrected chi connectivity index (χ4v) is 2.36. The summed E-state index contributed by atoms with van der Waals surface area (Å²) in [5, 5.41) is 6.30. The summed E-state index contributed by atoms with van der Waals surface area (Å²) in [6.45, 7) is 7.15. The molecule has 0 saturated carbocycles. The SMILES string of the molecule is CCCCNC1C(=O)Nc2c(C)cc(C)cc21. The number of unbranched alkanes of at least 4 members (excludes halogenated alkanes) is 1. The van der Waals surface area contributed by atoms with E-state index in [9.17, 15) is 4.79 Å². The molecule has 1 amide bonds. The molecule has 17 heavy (non-hydrogen) atoms. The quantitative estimate of drug-likeness (QED) is 0.784. The van der Waals surface area contributed by atoms with Crippen molar-refractivity contribution in [3.8, 4) is 0 Å². The zero-order valence-electron chi connectivity index (χ0n) is 10.8. The Kier molecular flexibility index (Phi) is 3.48. The summed E-state index contributed by atoms with van der Waals surface area (Å²) in [4.78, 5) is 11.9. The Morgan fingerprint density at radius 3 is 2.82 bits per heavy atom. The Morgan fingerprint density at radius 2 is 2.12 bits per heavy atom. The number of nitrogens with one attached hydrogen (secondary N) is 2. The van der Waals surface area contributed by atoms with Crippen LogP contribution >= 0.6 is 0 Å². The van der Waals surface area contributed by atoms with Crippen molar-refractivity contribution < 1.29 is 4.79 Å². The number of carbonyl (C=O) groups excluding carboxylic acids is 1. The molecule has 0 fully saturated rings. The zero-order valence-corrected chi connectivity index (χ0v) is 10.8. The van der Waals surface area contributed by atoms with Crippen molar-refractivity contribution in [2.75, 3.05) is 11.9 Å². The Balaban J connectivity index is 2.23. The molecule has 1 unspecified atom stereocenters. The summed E-state index contributed by atoms with van der Waals surface area (Å²) in [5.74, 6) is 0.0739.